The number of fused-ring (bicyclic) bond motifs is 1. The summed E-state index contributed by atoms with van der Waals surface area (Å²) in [6.07, 6.45) is 4.67. The predicted octanol–water partition coefficient (Wildman–Crippen LogP) is 2.52. The van der Waals surface area contributed by atoms with Crippen molar-refractivity contribution in [2.75, 3.05) is 0 Å². The lowest BCUT2D eigenvalue weighted by molar-refractivity contribution is -0.139. The van der Waals surface area contributed by atoms with Crippen molar-refractivity contribution in [3.8, 4) is 0 Å². The molecule has 2 aromatic rings. The van der Waals surface area contributed by atoms with E-state index in [9.17, 15) is 9.59 Å². The molecular weight excluding hydrogens is 338 g/mol. The van der Waals surface area contributed by atoms with Gasteiger partial charge in [-0.3, -0.25) is 9.59 Å². The minimum absolute atomic E-state index is 0.212. The number of carbonyl (C=O) groups excluding carboxylic acids is 2. The van der Waals surface area contributed by atoms with E-state index in [1.807, 2.05) is 37.3 Å². The first-order valence-electron chi connectivity index (χ1n) is 9.55. The van der Waals surface area contributed by atoms with E-state index in [0.717, 1.165) is 29.5 Å². The first-order chi connectivity index (χ1) is 13.1. The molecule has 0 bridgehead atoms. The largest absolute Gasteiger partial charge is 0.344 e. The maximum Gasteiger partial charge on any atom is 0.309 e. The average molecular weight is 365 g/mol. The van der Waals surface area contributed by atoms with Crippen LogP contribution in [0, 0.1) is 0 Å². The molecule has 0 aliphatic heterocycles. The Kier molecular flexibility index (Phi) is 6.24. The van der Waals surface area contributed by atoms with Crippen molar-refractivity contribution in [3.63, 3.8) is 0 Å². The number of hydrogen-bond donors (Lipinski definition) is 3. The number of aryl methyl sites for hydroxylation is 2. The Morgan fingerprint density at radius 2 is 1.74 bits per heavy atom. The highest BCUT2D eigenvalue weighted by molar-refractivity contribution is 6.35. The van der Waals surface area contributed by atoms with Crippen LogP contribution in [0.25, 0.3) is 0 Å². The number of rotatable bonds is 5. The zero-order chi connectivity index (χ0) is 19.2. The van der Waals surface area contributed by atoms with Crippen LogP contribution in [-0.4, -0.2) is 11.8 Å². The number of hydrogen-bond acceptors (Lipinski definition) is 3. The van der Waals surface area contributed by atoms with E-state index in [1.165, 1.54) is 24.0 Å². The van der Waals surface area contributed by atoms with E-state index >= 15 is 0 Å². The zero-order valence-corrected chi connectivity index (χ0v) is 15.8. The molecule has 142 valence electrons. The van der Waals surface area contributed by atoms with E-state index < -0.39 is 11.8 Å². The Labute approximate surface area is 160 Å². The summed E-state index contributed by atoms with van der Waals surface area (Å²) in [6.45, 7) is 2.65. The summed E-state index contributed by atoms with van der Waals surface area (Å²) >= 11 is 0. The number of nitrogens with one attached hydrogen (secondary N) is 2. The van der Waals surface area contributed by atoms with Crippen LogP contribution in [0.15, 0.2) is 42.5 Å². The Balaban J connectivity index is 1.55. The summed E-state index contributed by atoms with van der Waals surface area (Å²) in [5.41, 5.74) is 11.3. The molecule has 4 N–H and O–H groups in total. The number of amides is 2. The van der Waals surface area contributed by atoms with E-state index in [1.54, 1.807) is 0 Å². The summed E-state index contributed by atoms with van der Waals surface area (Å²) in [5.74, 6) is -1.24. The molecule has 0 heterocycles. The Hall–Kier alpha value is -2.66. The summed E-state index contributed by atoms with van der Waals surface area (Å²) < 4.78 is 0. The van der Waals surface area contributed by atoms with E-state index in [-0.39, 0.29) is 6.04 Å². The smallest absolute Gasteiger partial charge is 0.309 e. The lowest BCUT2D eigenvalue weighted by Crippen LogP contribution is -2.40. The van der Waals surface area contributed by atoms with Gasteiger partial charge < -0.3 is 16.4 Å². The molecule has 5 heteroatoms. The van der Waals surface area contributed by atoms with Crippen LogP contribution in [0.4, 0.5) is 0 Å². The monoisotopic (exact) mass is 365 g/mol. The van der Waals surface area contributed by atoms with E-state index in [4.69, 9.17) is 5.73 Å². The Morgan fingerprint density at radius 1 is 1.00 bits per heavy atom. The Morgan fingerprint density at radius 3 is 2.52 bits per heavy atom. The molecule has 27 heavy (non-hydrogen) atoms. The third kappa shape index (κ3) is 4.95. The maximum atomic E-state index is 12.2. The van der Waals surface area contributed by atoms with Crippen molar-refractivity contribution < 1.29 is 9.59 Å². The van der Waals surface area contributed by atoms with Gasteiger partial charge in [0.15, 0.2) is 0 Å². The summed E-state index contributed by atoms with van der Waals surface area (Å²) in [5, 5.41) is 5.46. The lowest BCUT2D eigenvalue weighted by Gasteiger charge is -2.20. The summed E-state index contributed by atoms with van der Waals surface area (Å²) in [7, 11) is 0. The molecule has 1 unspecified atom stereocenters. The molecule has 1 aliphatic carbocycles. The lowest BCUT2D eigenvalue weighted by atomic mass is 9.89. The van der Waals surface area contributed by atoms with Crippen molar-refractivity contribution in [2.24, 2.45) is 5.73 Å². The standard InChI is InChI=1S/C22H27N3O2/c1-15(19-10-9-18-7-2-3-8-20(18)12-19)25-22(27)21(26)24-14-17-6-4-5-16(11-17)13-23/h4-6,9-12,15H,2-3,7-8,13-14,23H2,1H3,(H,24,26)(H,25,27). The van der Waals surface area contributed by atoms with Crippen LogP contribution in [-0.2, 0) is 35.5 Å². The predicted molar refractivity (Wildman–Crippen MR) is 106 cm³/mol. The van der Waals surface area contributed by atoms with Crippen molar-refractivity contribution in [1.82, 2.24) is 10.6 Å². The SMILES string of the molecule is CC(NC(=O)C(=O)NCc1cccc(CN)c1)c1ccc2c(c1)CCCC2. The van der Waals surface area contributed by atoms with Crippen LogP contribution in [0.5, 0.6) is 0 Å². The van der Waals surface area contributed by atoms with Gasteiger partial charge in [0.1, 0.15) is 0 Å². The third-order valence-electron chi connectivity index (χ3n) is 5.11. The fourth-order valence-corrected chi connectivity index (χ4v) is 3.50. The minimum Gasteiger partial charge on any atom is -0.344 e. The van der Waals surface area contributed by atoms with Gasteiger partial charge in [-0.15, -0.1) is 0 Å². The van der Waals surface area contributed by atoms with Crippen molar-refractivity contribution in [3.05, 3.63) is 70.3 Å². The topological polar surface area (TPSA) is 84.2 Å². The molecule has 0 spiro atoms. The van der Waals surface area contributed by atoms with Crippen LogP contribution in [0.2, 0.25) is 0 Å². The highest BCUT2D eigenvalue weighted by Crippen LogP contribution is 2.24. The fourth-order valence-electron chi connectivity index (χ4n) is 3.50. The second kappa shape index (κ2) is 8.82. The minimum atomic E-state index is -0.627. The highest BCUT2D eigenvalue weighted by Gasteiger charge is 2.18. The summed E-state index contributed by atoms with van der Waals surface area (Å²) in [4.78, 5) is 24.3. The molecule has 3 rings (SSSR count). The molecule has 0 saturated heterocycles. The molecule has 0 aromatic heterocycles. The average Bonchev–Trinajstić information content (AvgIpc) is 2.71. The molecule has 0 fully saturated rings. The van der Waals surface area contributed by atoms with Gasteiger partial charge in [0.25, 0.3) is 0 Å². The van der Waals surface area contributed by atoms with Gasteiger partial charge in [-0.25, -0.2) is 0 Å². The number of carbonyl (C=O) groups is 2. The first kappa shape index (κ1) is 19.1. The van der Waals surface area contributed by atoms with Gasteiger partial charge in [-0.1, -0.05) is 42.5 Å². The van der Waals surface area contributed by atoms with E-state index in [0.29, 0.717) is 13.1 Å². The quantitative estimate of drug-likeness (QED) is 0.712. The molecule has 5 nitrogen and oxygen atoms in total. The van der Waals surface area contributed by atoms with Crippen LogP contribution in [0.1, 0.15) is 53.6 Å². The summed E-state index contributed by atoms with van der Waals surface area (Å²) in [6, 6.07) is 13.8. The van der Waals surface area contributed by atoms with Crippen LogP contribution >= 0.6 is 0 Å². The van der Waals surface area contributed by atoms with Crippen molar-refractivity contribution in [2.45, 2.75) is 51.7 Å². The van der Waals surface area contributed by atoms with Gasteiger partial charge in [-0.2, -0.15) is 0 Å². The second-order valence-corrected chi connectivity index (χ2v) is 7.14. The molecule has 1 atom stereocenters. The Bertz CT molecular complexity index is 832. The molecule has 0 radical (unpaired) electrons. The van der Waals surface area contributed by atoms with Gasteiger partial charge in [0.05, 0.1) is 6.04 Å². The molecule has 2 aromatic carbocycles. The molecule has 0 saturated carbocycles. The van der Waals surface area contributed by atoms with Gasteiger partial charge >= 0.3 is 11.8 Å². The van der Waals surface area contributed by atoms with Gasteiger partial charge in [-0.05, 0) is 60.4 Å². The highest BCUT2D eigenvalue weighted by atomic mass is 16.2. The maximum absolute atomic E-state index is 12.2. The number of benzene rings is 2. The molecular formula is C22H27N3O2. The van der Waals surface area contributed by atoms with Crippen LogP contribution < -0.4 is 16.4 Å². The van der Waals surface area contributed by atoms with Crippen molar-refractivity contribution in [1.29, 1.82) is 0 Å². The van der Waals surface area contributed by atoms with E-state index in [2.05, 4.69) is 22.8 Å². The first-order valence-corrected chi connectivity index (χ1v) is 9.55. The molecule has 2 amide bonds. The third-order valence-corrected chi connectivity index (χ3v) is 5.11. The number of nitrogens with two attached hydrogens (primary N) is 1. The van der Waals surface area contributed by atoms with Crippen molar-refractivity contribution >= 4 is 11.8 Å². The fraction of sp³-hybridized carbons (Fsp3) is 0.364. The van der Waals surface area contributed by atoms with Crippen LogP contribution in [0.3, 0.4) is 0 Å². The van der Waals surface area contributed by atoms with Gasteiger partial charge in [0, 0.05) is 13.1 Å². The van der Waals surface area contributed by atoms with Gasteiger partial charge in [0.2, 0.25) is 0 Å². The second-order valence-electron chi connectivity index (χ2n) is 7.14. The molecule has 1 aliphatic rings. The normalized spacial score (nSPS) is 14.1. The zero-order valence-electron chi connectivity index (χ0n) is 15.8.